The summed E-state index contributed by atoms with van der Waals surface area (Å²) in [5, 5.41) is 3.41. The van der Waals surface area contributed by atoms with Gasteiger partial charge in [-0.25, -0.2) is 4.98 Å². The fourth-order valence-electron chi connectivity index (χ4n) is 2.34. The minimum atomic E-state index is 0.559. The number of benzene rings is 1. The highest BCUT2D eigenvalue weighted by molar-refractivity contribution is 5.51. The summed E-state index contributed by atoms with van der Waals surface area (Å²) in [4.78, 5) is 3.97. The van der Waals surface area contributed by atoms with Gasteiger partial charge >= 0.3 is 0 Å². The molecule has 0 fully saturated rings. The topological polar surface area (TPSA) is 50.9 Å². The molecule has 1 aliphatic carbocycles. The van der Waals surface area contributed by atoms with Crippen LogP contribution in [0.15, 0.2) is 42.6 Å². The van der Waals surface area contributed by atoms with Gasteiger partial charge in [-0.15, -0.1) is 0 Å². The third-order valence-corrected chi connectivity index (χ3v) is 3.29. The van der Waals surface area contributed by atoms with E-state index in [1.165, 1.54) is 17.5 Å². The lowest BCUT2D eigenvalue weighted by molar-refractivity contribution is 0.636. The molecule has 0 amide bonds. The molecule has 3 nitrogen and oxygen atoms in total. The quantitative estimate of drug-likeness (QED) is 0.843. The summed E-state index contributed by atoms with van der Waals surface area (Å²) >= 11 is 0. The number of nitrogens with zero attached hydrogens (tertiary/aromatic N) is 1. The normalized spacial score (nSPS) is 17.1. The van der Waals surface area contributed by atoms with Gasteiger partial charge in [-0.3, -0.25) is 0 Å². The molecule has 86 valence electrons. The lowest BCUT2D eigenvalue weighted by atomic mass is 9.77. The standard InChI is InChI=1S/C14H15N3/c15-14-8-12(5-6-16-14)17-9-11-7-10-3-1-2-4-13(10)11/h1-6,8,11H,7,9H2,(H3,15,16,17). The van der Waals surface area contributed by atoms with Crippen LogP contribution in [0.3, 0.4) is 0 Å². The lowest BCUT2D eigenvalue weighted by Gasteiger charge is -2.30. The van der Waals surface area contributed by atoms with Crippen molar-refractivity contribution in [3.8, 4) is 0 Å². The van der Waals surface area contributed by atoms with E-state index in [2.05, 4.69) is 34.6 Å². The van der Waals surface area contributed by atoms with E-state index in [1.807, 2.05) is 12.1 Å². The molecule has 0 bridgehead atoms. The molecule has 0 saturated heterocycles. The Bertz CT molecular complexity index is 536. The molecule has 1 atom stereocenters. The van der Waals surface area contributed by atoms with E-state index in [9.17, 15) is 0 Å². The predicted octanol–water partition coefficient (Wildman–Crippen LogP) is 2.42. The Morgan fingerprint density at radius 1 is 1.29 bits per heavy atom. The van der Waals surface area contributed by atoms with Crippen LogP contribution < -0.4 is 11.1 Å². The van der Waals surface area contributed by atoms with Gasteiger partial charge in [-0.2, -0.15) is 0 Å². The van der Waals surface area contributed by atoms with Gasteiger partial charge in [0.05, 0.1) is 0 Å². The molecule has 1 heterocycles. The molecular formula is C14H15N3. The van der Waals surface area contributed by atoms with Crippen molar-refractivity contribution >= 4 is 11.5 Å². The zero-order chi connectivity index (χ0) is 11.7. The van der Waals surface area contributed by atoms with Crippen molar-refractivity contribution in [3.63, 3.8) is 0 Å². The largest absolute Gasteiger partial charge is 0.384 e. The minimum absolute atomic E-state index is 0.559. The van der Waals surface area contributed by atoms with Gasteiger partial charge in [0, 0.05) is 30.4 Å². The Morgan fingerprint density at radius 2 is 2.18 bits per heavy atom. The van der Waals surface area contributed by atoms with Gasteiger partial charge in [0.1, 0.15) is 5.82 Å². The zero-order valence-corrected chi connectivity index (χ0v) is 9.56. The lowest BCUT2D eigenvalue weighted by Crippen LogP contribution is -2.24. The van der Waals surface area contributed by atoms with Crippen molar-refractivity contribution in [2.75, 3.05) is 17.6 Å². The molecule has 3 N–H and O–H groups in total. The number of fused-ring (bicyclic) bond motifs is 1. The Kier molecular flexibility index (Phi) is 2.44. The van der Waals surface area contributed by atoms with E-state index in [4.69, 9.17) is 5.73 Å². The Balaban J connectivity index is 1.64. The van der Waals surface area contributed by atoms with E-state index in [0.717, 1.165) is 12.2 Å². The first-order valence-corrected chi connectivity index (χ1v) is 5.86. The van der Waals surface area contributed by atoms with Crippen LogP contribution in [0.4, 0.5) is 11.5 Å². The summed E-state index contributed by atoms with van der Waals surface area (Å²) in [6.45, 7) is 0.959. The zero-order valence-electron chi connectivity index (χ0n) is 9.56. The Labute approximate surface area is 101 Å². The Morgan fingerprint density at radius 3 is 3.00 bits per heavy atom. The van der Waals surface area contributed by atoms with Crippen LogP contribution in [0.2, 0.25) is 0 Å². The molecule has 17 heavy (non-hydrogen) atoms. The highest BCUT2D eigenvalue weighted by atomic mass is 14.9. The first-order chi connectivity index (χ1) is 8.33. The van der Waals surface area contributed by atoms with Crippen molar-refractivity contribution in [1.82, 2.24) is 4.98 Å². The van der Waals surface area contributed by atoms with Gasteiger partial charge in [-0.1, -0.05) is 24.3 Å². The molecule has 0 aliphatic heterocycles. The Hall–Kier alpha value is -2.03. The second-order valence-corrected chi connectivity index (χ2v) is 4.45. The molecule has 1 unspecified atom stereocenters. The highest BCUT2D eigenvalue weighted by Gasteiger charge is 2.24. The van der Waals surface area contributed by atoms with E-state index in [1.54, 1.807) is 6.20 Å². The maximum Gasteiger partial charge on any atom is 0.125 e. The van der Waals surface area contributed by atoms with Crippen LogP contribution in [0.25, 0.3) is 0 Å². The monoisotopic (exact) mass is 225 g/mol. The molecular weight excluding hydrogens is 210 g/mol. The average molecular weight is 225 g/mol. The third-order valence-electron chi connectivity index (χ3n) is 3.29. The fourth-order valence-corrected chi connectivity index (χ4v) is 2.34. The van der Waals surface area contributed by atoms with Crippen molar-refractivity contribution in [2.45, 2.75) is 12.3 Å². The number of hydrogen-bond acceptors (Lipinski definition) is 3. The predicted molar refractivity (Wildman–Crippen MR) is 70.0 cm³/mol. The molecule has 2 aromatic rings. The van der Waals surface area contributed by atoms with Crippen LogP contribution in [0.5, 0.6) is 0 Å². The summed E-state index contributed by atoms with van der Waals surface area (Å²) in [5.74, 6) is 1.18. The number of hydrogen-bond donors (Lipinski definition) is 2. The number of rotatable bonds is 3. The first kappa shape index (κ1) is 10.1. The van der Waals surface area contributed by atoms with Crippen LogP contribution >= 0.6 is 0 Å². The van der Waals surface area contributed by atoms with Crippen LogP contribution in [-0.2, 0) is 6.42 Å². The summed E-state index contributed by atoms with van der Waals surface area (Å²) in [6.07, 6.45) is 2.90. The molecule has 0 spiro atoms. The van der Waals surface area contributed by atoms with E-state index in [-0.39, 0.29) is 0 Å². The molecule has 1 aromatic carbocycles. The van der Waals surface area contributed by atoms with Crippen molar-refractivity contribution < 1.29 is 0 Å². The SMILES string of the molecule is Nc1cc(NCC2Cc3ccccc32)ccn1. The summed E-state index contributed by atoms with van der Waals surface area (Å²) < 4.78 is 0. The van der Waals surface area contributed by atoms with Gasteiger partial charge in [0.2, 0.25) is 0 Å². The summed E-state index contributed by atoms with van der Waals surface area (Å²) in [5.41, 5.74) is 9.63. The second kappa shape index (κ2) is 4.09. The average Bonchev–Trinajstić information content (AvgIpc) is 2.30. The van der Waals surface area contributed by atoms with Crippen molar-refractivity contribution in [2.24, 2.45) is 0 Å². The summed E-state index contributed by atoms with van der Waals surface area (Å²) in [7, 11) is 0. The van der Waals surface area contributed by atoms with Crippen LogP contribution in [-0.4, -0.2) is 11.5 Å². The first-order valence-electron chi connectivity index (χ1n) is 5.86. The molecule has 1 aromatic heterocycles. The smallest absolute Gasteiger partial charge is 0.125 e. The van der Waals surface area contributed by atoms with E-state index < -0.39 is 0 Å². The van der Waals surface area contributed by atoms with Crippen LogP contribution in [0.1, 0.15) is 17.0 Å². The van der Waals surface area contributed by atoms with Gasteiger partial charge in [0.25, 0.3) is 0 Å². The summed E-state index contributed by atoms with van der Waals surface area (Å²) in [6, 6.07) is 12.4. The highest BCUT2D eigenvalue weighted by Crippen LogP contribution is 2.34. The van der Waals surface area contributed by atoms with Gasteiger partial charge < -0.3 is 11.1 Å². The molecule has 3 rings (SSSR count). The third kappa shape index (κ3) is 1.96. The van der Waals surface area contributed by atoms with Crippen molar-refractivity contribution in [1.29, 1.82) is 0 Å². The fraction of sp³-hybridized carbons (Fsp3) is 0.214. The number of aromatic nitrogens is 1. The molecule has 0 radical (unpaired) electrons. The number of pyridine rings is 1. The van der Waals surface area contributed by atoms with Crippen LogP contribution in [0, 0.1) is 0 Å². The minimum Gasteiger partial charge on any atom is -0.384 e. The number of nitrogens with two attached hydrogens (primary N) is 1. The maximum atomic E-state index is 5.64. The van der Waals surface area contributed by atoms with E-state index >= 15 is 0 Å². The molecule has 1 aliphatic rings. The maximum absolute atomic E-state index is 5.64. The molecule has 0 saturated carbocycles. The molecule has 3 heteroatoms. The van der Waals surface area contributed by atoms with Gasteiger partial charge in [-0.05, 0) is 23.6 Å². The van der Waals surface area contributed by atoms with E-state index in [0.29, 0.717) is 11.7 Å². The number of nitrogens with one attached hydrogen (secondary N) is 1. The number of anilines is 2. The second-order valence-electron chi connectivity index (χ2n) is 4.45. The number of nitrogen functional groups attached to an aromatic ring is 1. The van der Waals surface area contributed by atoms with Gasteiger partial charge in [0.15, 0.2) is 0 Å². The van der Waals surface area contributed by atoms with Crippen molar-refractivity contribution in [3.05, 3.63) is 53.7 Å².